The average molecular weight is 227 g/mol. The molecule has 0 radical (unpaired) electrons. The molecule has 1 aromatic heterocycles. The maximum Gasteiger partial charge on any atom is 0.220 e. The molecule has 0 spiro atoms. The van der Waals surface area contributed by atoms with Gasteiger partial charge in [-0.05, 0) is 19.8 Å². The van der Waals surface area contributed by atoms with E-state index in [4.69, 9.17) is 0 Å². The van der Waals surface area contributed by atoms with Gasteiger partial charge in [0.2, 0.25) is 10.0 Å². The lowest BCUT2D eigenvalue weighted by molar-refractivity contribution is 0.569. The van der Waals surface area contributed by atoms with Crippen LogP contribution in [-0.2, 0) is 10.0 Å². The van der Waals surface area contributed by atoms with E-state index in [0.29, 0.717) is 5.69 Å². The highest BCUT2D eigenvalue weighted by molar-refractivity contribution is 7.89. The summed E-state index contributed by atoms with van der Waals surface area (Å²) < 4.78 is 26.2. The van der Waals surface area contributed by atoms with Crippen LogP contribution in [0.15, 0.2) is 18.6 Å². The third kappa shape index (κ3) is 2.51. The number of aromatic nitrogens is 2. The largest absolute Gasteiger partial charge is 0.261 e. The van der Waals surface area contributed by atoms with Crippen molar-refractivity contribution < 1.29 is 8.42 Å². The predicted molar refractivity (Wildman–Crippen MR) is 55.5 cm³/mol. The smallest absolute Gasteiger partial charge is 0.220 e. The van der Waals surface area contributed by atoms with Crippen LogP contribution in [0.25, 0.3) is 0 Å². The number of nitrogens with zero attached hydrogens (tertiary/aromatic N) is 2. The summed E-state index contributed by atoms with van der Waals surface area (Å²) in [4.78, 5) is 7.85. The Bertz CT molecular complexity index is 428. The molecule has 0 saturated heterocycles. The molecule has 5 nitrogen and oxygen atoms in total. The number of hydrogen-bond donors (Lipinski definition) is 1. The molecular weight excluding hydrogens is 214 g/mol. The van der Waals surface area contributed by atoms with E-state index in [-0.39, 0.29) is 6.04 Å². The third-order valence-corrected chi connectivity index (χ3v) is 4.21. The zero-order valence-corrected chi connectivity index (χ0v) is 9.24. The molecular formula is C9H13N3O2S. The van der Waals surface area contributed by atoms with Crippen molar-refractivity contribution in [3.8, 4) is 0 Å². The van der Waals surface area contributed by atoms with Gasteiger partial charge in [-0.15, -0.1) is 0 Å². The summed E-state index contributed by atoms with van der Waals surface area (Å²) in [7, 11) is -3.30. The van der Waals surface area contributed by atoms with Crippen LogP contribution in [0.5, 0.6) is 0 Å². The van der Waals surface area contributed by atoms with Crippen LogP contribution in [0.2, 0.25) is 0 Å². The molecule has 0 aliphatic heterocycles. The van der Waals surface area contributed by atoms with Gasteiger partial charge in [0.1, 0.15) is 5.25 Å². The summed E-state index contributed by atoms with van der Waals surface area (Å²) >= 11 is 0. The lowest BCUT2D eigenvalue weighted by Gasteiger charge is -2.12. The Balaban J connectivity index is 2.15. The van der Waals surface area contributed by atoms with E-state index in [2.05, 4.69) is 14.7 Å². The van der Waals surface area contributed by atoms with Crippen molar-refractivity contribution in [2.45, 2.75) is 31.1 Å². The zero-order valence-electron chi connectivity index (χ0n) is 8.42. The highest BCUT2D eigenvalue weighted by atomic mass is 32.2. The van der Waals surface area contributed by atoms with E-state index in [0.717, 1.165) is 12.8 Å². The Morgan fingerprint density at radius 2 is 2.20 bits per heavy atom. The summed E-state index contributed by atoms with van der Waals surface area (Å²) in [5, 5.41) is -0.646. The summed E-state index contributed by atoms with van der Waals surface area (Å²) in [6, 6.07) is 0.133. The molecule has 1 N–H and O–H groups in total. The molecule has 1 aliphatic carbocycles. The number of rotatable bonds is 4. The second kappa shape index (κ2) is 3.86. The third-order valence-electron chi connectivity index (χ3n) is 2.37. The first-order chi connectivity index (χ1) is 7.09. The molecule has 1 aliphatic rings. The molecule has 82 valence electrons. The van der Waals surface area contributed by atoms with Crippen molar-refractivity contribution in [1.82, 2.24) is 14.7 Å². The Labute approximate surface area is 89.0 Å². The lowest BCUT2D eigenvalue weighted by atomic mass is 10.3. The fourth-order valence-electron chi connectivity index (χ4n) is 1.22. The van der Waals surface area contributed by atoms with Crippen LogP contribution in [-0.4, -0.2) is 24.4 Å². The predicted octanol–water partition coefficient (Wildman–Crippen LogP) is 0.619. The number of nitrogens with one attached hydrogen (secondary N) is 1. The minimum atomic E-state index is -3.30. The van der Waals surface area contributed by atoms with Gasteiger partial charge in [0.15, 0.2) is 0 Å². The van der Waals surface area contributed by atoms with Gasteiger partial charge in [0.05, 0.1) is 5.69 Å². The summed E-state index contributed by atoms with van der Waals surface area (Å²) in [5.41, 5.74) is 0.477. The molecule has 0 unspecified atom stereocenters. The Hall–Kier alpha value is -1.01. The van der Waals surface area contributed by atoms with Crippen LogP contribution < -0.4 is 4.72 Å². The van der Waals surface area contributed by atoms with E-state index in [1.54, 1.807) is 6.92 Å². The number of hydrogen-bond acceptors (Lipinski definition) is 4. The first-order valence-corrected chi connectivity index (χ1v) is 6.41. The van der Waals surface area contributed by atoms with E-state index in [1.165, 1.54) is 18.6 Å². The summed E-state index contributed by atoms with van der Waals surface area (Å²) in [6.45, 7) is 1.62. The molecule has 1 fully saturated rings. The van der Waals surface area contributed by atoms with Crippen molar-refractivity contribution in [2.24, 2.45) is 0 Å². The Morgan fingerprint density at radius 3 is 2.73 bits per heavy atom. The minimum Gasteiger partial charge on any atom is -0.261 e. The molecule has 1 atom stereocenters. The van der Waals surface area contributed by atoms with Crippen molar-refractivity contribution in [1.29, 1.82) is 0 Å². The molecule has 6 heteroatoms. The van der Waals surface area contributed by atoms with Crippen LogP contribution >= 0.6 is 0 Å². The molecule has 15 heavy (non-hydrogen) atoms. The Kier molecular flexibility index (Phi) is 2.70. The maximum atomic E-state index is 11.8. The van der Waals surface area contributed by atoms with E-state index in [1.807, 2.05) is 0 Å². The molecule has 1 saturated carbocycles. The highest BCUT2D eigenvalue weighted by Gasteiger charge is 2.31. The zero-order chi connectivity index (χ0) is 10.9. The molecule has 0 amide bonds. The first kappa shape index (κ1) is 10.5. The Morgan fingerprint density at radius 1 is 1.47 bits per heavy atom. The van der Waals surface area contributed by atoms with Crippen LogP contribution in [0.3, 0.4) is 0 Å². The second-order valence-corrected chi connectivity index (χ2v) is 5.74. The average Bonchev–Trinajstić information content (AvgIpc) is 3.01. The highest BCUT2D eigenvalue weighted by Crippen LogP contribution is 2.24. The van der Waals surface area contributed by atoms with Gasteiger partial charge in [-0.25, -0.2) is 13.1 Å². The van der Waals surface area contributed by atoms with E-state index in [9.17, 15) is 8.42 Å². The van der Waals surface area contributed by atoms with Crippen LogP contribution in [0, 0.1) is 0 Å². The standard InChI is InChI=1S/C9H13N3O2S/c1-7(9-6-10-4-5-11-9)15(13,14)12-8-2-3-8/h4-8,12H,2-3H2,1H3/t7-/m0/s1. The lowest BCUT2D eigenvalue weighted by Crippen LogP contribution is -2.30. The molecule has 0 aromatic carbocycles. The summed E-state index contributed by atoms with van der Waals surface area (Å²) in [6.07, 6.45) is 6.38. The maximum absolute atomic E-state index is 11.8. The monoisotopic (exact) mass is 227 g/mol. The van der Waals surface area contributed by atoms with Gasteiger partial charge in [0.25, 0.3) is 0 Å². The van der Waals surface area contributed by atoms with E-state index >= 15 is 0 Å². The number of sulfonamides is 1. The second-order valence-electron chi connectivity index (χ2n) is 3.71. The SMILES string of the molecule is C[C@@H](c1cnccn1)S(=O)(=O)NC1CC1. The van der Waals surface area contributed by atoms with E-state index < -0.39 is 15.3 Å². The minimum absolute atomic E-state index is 0.133. The van der Waals surface area contributed by atoms with Gasteiger partial charge < -0.3 is 0 Å². The quantitative estimate of drug-likeness (QED) is 0.818. The van der Waals surface area contributed by atoms with Gasteiger partial charge >= 0.3 is 0 Å². The molecule has 1 aromatic rings. The molecule has 0 bridgehead atoms. The fraction of sp³-hybridized carbons (Fsp3) is 0.556. The van der Waals surface area contributed by atoms with Crippen LogP contribution in [0.1, 0.15) is 30.7 Å². The molecule has 1 heterocycles. The van der Waals surface area contributed by atoms with Crippen molar-refractivity contribution in [3.05, 3.63) is 24.3 Å². The van der Waals surface area contributed by atoms with Gasteiger partial charge in [-0.1, -0.05) is 0 Å². The first-order valence-electron chi connectivity index (χ1n) is 4.86. The van der Waals surface area contributed by atoms with Gasteiger partial charge in [-0.3, -0.25) is 9.97 Å². The van der Waals surface area contributed by atoms with Gasteiger partial charge in [-0.2, -0.15) is 0 Å². The van der Waals surface area contributed by atoms with Crippen molar-refractivity contribution in [2.75, 3.05) is 0 Å². The topological polar surface area (TPSA) is 72.0 Å². The fourth-order valence-corrected chi connectivity index (χ4v) is 2.56. The van der Waals surface area contributed by atoms with Crippen LogP contribution in [0.4, 0.5) is 0 Å². The molecule has 2 rings (SSSR count). The van der Waals surface area contributed by atoms with Crippen molar-refractivity contribution >= 4 is 10.0 Å². The normalized spacial score (nSPS) is 18.7. The van der Waals surface area contributed by atoms with Crippen molar-refractivity contribution in [3.63, 3.8) is 0 Å². The summed E-state index contributed by atoms with van der Waals surface area (Å²) in [5.74, 6) is 0. The van der Waals surface area contributed by atoms with Gasteiger partial charge in [0, 0.05) is 24.6 Å².